The number of likely N-dealkylation sites (N-methyl/N-ethyl adjacent to an activating group) is 1. The molecule has 0 atom stereocenters. The van der Waals surface area contributed by atoms with Crippen LogP contribution in [0.4, 0.5) is 17.2 Å². The van der Waals surface area contributed by atoms with Crippen molar-refractivity contribution in [3.63, 3.8) is 0 Å². The molecule has 1 aliphatic heterocycles. The fourth-order valence-corrected chi connectivity index (χ4v) is 4.11. The Kier molecular flexibility index (Phi) is 7.10. The van der Waals surface area contributed by atoms with E-state index in [2.05, 4.69) is 15.3 Å². The lowest BCUT2D eigenvalue weighted by Gasteiger charge is -2.14. The van der Waals surface area contributed by atoms with Crippen molar-refractivity contribution >= 4 is 67.5 Å². The lowest BCUT2D eigenvalue weighted by Crippen LogP contribution is -2.20. The van der Waals surface area contributed by atoms with Gasteiger partial charge in [-0.1, -0.05) is 29.3 Å². The second-order valence-electron chi connectivity index (χ2n) is 7.97. The van der Waals surface area contributed by atoms with E-state index in [4.69, 9.17) is 32.5 Å². The molecule has 5 rings (SSSR count). The first-order valence-corrected chi connectivity index (χ1v) is 13.0. The van der Waals surface area contributed by atoms with Gasteiger partial charge in [0.1, 0.15) is 28.5 Å². The number of carbonyl (C=O) groups is 1. The first-order chi connectivity index (χ1) is 16.9. The van der Waals surface area contributed by atoms with Gasteiger partial charge in [0.05, 0.1) is 28.9 Å². The third kappa shape index (κ3) is 5.54. The Morgan fingerprint density at radius 1 is 1.08 bits per heavy atom. The number of fused-ring (bicyclic) bond motifs is 2. The first kappa shape index (κ1) is 25.7. The van der Waals surface area contributed by atoms with Crippen LogP contribution in [0.15, 0.2) is 48.8 Å². The van der Waals surface area contributed by atoms with Gasteiger partial charge in [0.25, 0.3) is 10.1 Å². The van der Waals surface area contributed by atoms with Crippen molar-refractivity contribution in [2.24, 2.45) is 7.05 Å². The zero-order valence-corrected chi connectivity index (χ0v) is 21.7. The number of hydrogen-bond acceptors (Lipinski definition) is 7. The highest BCUT2D eigenvalue weighted by molar-refractivity contribution is 7.85. The molecule has 1 aliphatic rings. The minimum atomic E-state index is -3.67. The van der Waals surface area contributed by atoms with Crippen LogP contribution in [0, 0.1) is 0 Å². The zero-order valence-electron chi connectivity index (χ0n) is 19.4. The van der Waals surface area contributed by atoms with Crippen molar-refractivity contribution < 1.29 is 22.5 Å². The van der Waals surface area contributed by atoms with E-state index in [9.17, 15) is 13.2 Å². The molecule has 2 aromatic heterocycles. The van der Waals surface area contributed by atoms with E-state index in [0.29, 0.717) is 40.2 Å². The number of aryl methyl sites for hydroxylation is 1. The summed E-state index contributed by atoms with van der Waals surface area (Å²) in [4.78, 5) is 22.3. The lowest BCUT2D eigenvalue weighted by molar-refractivity contribution is -0.117. The summed E-state index contributed by atoms with van der Waals surface area (Å²) in [6.07, 6.45) is 2.50. The van der Waals surface area contributed by atoms with Gasteiger partial charge >= 0.3 is 0 Å². The Bertz CT molecular complexity index is 1580. The van der Waals surface area contributed by atoms with Gasteiger partial charge in [-0.05, 0) is 30.3 Å². The van der Waals surface area contributed by atoms with Gasteiger partial charge in [-0.25, -0.2) is 9.97 Å². The summed E-state index contributed by atoms with van der Waals surface area (Å²) in [5, 5.41) is 4.26. The van der Waals surface area contributed by atoms with E-state index in [0.717, 1.165) is 28.0 Å². The Balaban J connectivity index is 0.000000556. The van der Waals surface area contributed by atoms with E-state index in [-0.39, 0.29) is 5.91 Å². The number of nitrogens with zero attached hydrogens (tertiary/aromatic N) is 4. The predicted molar refractivity (Wildman–Crippen MR) is 139 cm³/mol. The van der Waals surface area contributed by atoms with Crippen LogP contribution in [0.2, 0.25) is 10.2 Å². The predicted octanol–water partition coefficient (Wildman–Crippen LogP) is 4.83. The molecule has 0 aliphatic carbocycles. The fraction of sp³-hybridized carbons (Fsp3) is 0.174. The second kappa shape index (κ2) is 9.94. The third-order valence-corrected chi connectivity index (χ3v) is 6.01. The zero-order chi connectivity index (χ0) is 26.2. The molecule has 36 heavy (non-hydrogen) atoms. The number of benzene rings is 2. The number of nitrogens with one attached hydrogen (secondary N) is 1. The molecule has 2 N–H and O–H groups in total. The Labute approximate surface area is 217 Å². The molecule has 2 aromatic carbocycles. The number of ether oxygens (including phenoxy) is 1. The molecule has 3 heterocycles. The van der Waals surface area contributed by atoms with Crippen LogP contribution >= 0.6 is 23.2 Å². The lowest BCUT2D eigenvalue weighted by atomic mass is 10.1. The summed E-state index contributed by atoms with van der Waals surface area (Å²) < 4.78 is 33.7. The molecule has 0 saturated heterocycles. The number of hydrogen-bond donors (Lipinski definition) is 2. The summed E-state index contributed by atoms with van der Waals surface area (Å²) in [5.74, 6) is 1.77. The van der Waals surface area contributed by atoms with Crippen LogP contribution in [0.5, 0.6) is 11.5 Å². The van der Waals surface area contributed by atoms with E-state index in [1.807, 2.05) is 35.9 Å². The number of carbonyl (C=O) groups excluding carboxylic acids is 1. The molecular formula is C23H21Cl2N5O5S. The van der Waals surface area contributed by atoms with Crippen LogP contribution in [0.1, 0.15) is 5.56 Å². The SMILES string of the molecule is CN1C(=O)Cc2c(Oc3ccc(Nc4ncnc5cc(Cl)n(C)c45)cc3Cl)cccc21.CS(=O)(=O)O. The van der Waals surface area contributed by atoms with Gasteiger partial charge in [0.2, 0.25) is 5.91 Å². The molecule has 1 amide bonds. The van der Waals surface area contributed by atoms with Crippen LogP contribution in [0.3, 0.4) is 0 Å². The van der Waals surface area contributed by atoms with Crippen LogP contribution in [-0.4, -0.2) is 46.7 Å². The molecule has 188 valence electrons. The van der Waals surface area contributed by atoms with Crippen LogP contribution in [0.25, 0.3) is 11.0 Å². The molecule has 0 spiro atoms. The quantitative estimate of drug-likeness (QED) is 0.346. The molecule has 4 aromatic rings. The van der Waals surface area contributed by atoms with Gasteiger partial charge in [0.15, 0.2) is 5.82 Å². The maximum atomic E-state index is 12.1. The Morgan fingerprint density at radius 3 is 2.50 bits per heavy atom. The maximum absolute atomic E-state index is 12.1. The highest BCUT2D eigenvalue weighted by Gasteiger charge is 2.27. The smallest absolute Gasteiger partial charge is 0.261 e. The standard InChI is InChI=1S/C22H17Cl2N5O2.CH4O3S/c1-28-16-4-3-5-17(13(16)9-20(28)30)31-18-7-6-12(8-14(18)23)27-22-21-15(25-11-26-22)10-19(24)29(21)2;1-5(2,3)4/h3-8,10-11H,9H2,1-2H3,(H,25,26,27);1H3,(H,2,3,4). The number of amides is 1. The third-order valence-electron chi connectivity index (χ3n) is 5.35. The van der Waals surface area contributed by atoms with Crippen molar-refractivity contribution in [2.45, 2.75) is 6.42 Å². The number of aromatic nitrogens is 3. The largest absolute Gasteiger partial charge is 0.455 e. The molecule has 0 radical (unpaired) electrons. The number of anilines is 3. The van der Waals surface area contributed by atoms with Crippen molar-refractivity contribution in [1.29, 1.82) is 0 Å². The molecule has 10 nitrogen and oxygen atoms in total. The first-order valence-electron chi connectivity index (χ1n) is 10.4. The topological polar surface area (TPSA) is 127 Å². The normalized spacial score (nSPS) is 12.8. The molecule has 0 fully saturated rings. The summed E-state index contributed by atoms with van der Waals surface area (Å²) in [6.45, 7) is 0. The minimum Gasteiger partial charge on any atom is -0.455 e. The van der Waals surface area contributed by atoms with Crippen molar-refractivity contribution in [2.75, 3.05) is 23.5 Å². The Morgan fingerprint density at radius 2 is 1.81 bits per heavy atom. The summed E-state index contributed by atoms with van der Waals surface area (Å²) in [6, 6.07) is 12.8. The molecular weight excluding hydrogens is 529 g/mol. The number of halogens is 2. The van der Waals surface area contributed by atoms with Crippen molar-refractivity contribution in [1.82, 2.24) is 14.5 Å². The highest BCUT2D eigenvalue weighted by Crippen LogP contribution is 2.39. The summed E-state index contributed by atoms with van der Waals surface area (Å²) in [7, 11) is -0.0565. The van der Waals surface area contributed by atoms with Crippen molar-refractivity contribution in [3.05, 3.63) is 64.5 Å². The fourth-order valence-electron chi connectivity index (χ4n) is 3.70. The van der Waals surface area contributed by atoms with E-state index >= 15 is 0 Å². The number of rotatable bonds is 4. The van der Waals surface area contributed by atoms with E-state index in [1.54, 1.807) is 30.1 Å². The van der Waals surface area contributed by atoms with E-state index < -0.39 is 10.1 Å². The maximum Gasteiger partial charge on any atom is 0.261 e. The average molecular weight is 550 g/mol. The highest BCUT2D eigenvalue weighted by atomic mass is 35.5. The summed E-state index contributed by atoms with van der Waals surface area (Å²) >= 11 is 12.7. The minimum absolute atomic E-state index is 0.0358. The van der Waals surface area contributed by atoms with Gasteiger partial charge in [0, 0.05) is 31.4 Å². The van der Waals surface area contributed by atoms with Gasteiger partial charge in [-0.2, -0.15) is 8.42 Å². The van der Waals surface area contributed by atoms with Gasteiger partial charge in [-0.15, -0.1) is 0 Å². The average Bonchev–Trinajstić information content (AvgIpc) is 3.25. The van der Waals surface area contributed by atoms with E-state index in [1.165, 1.54) is 6.33 Å². The monoisotopic (exact) mass is 549 g/mol. The molecule has 0 bridgehead atoms. The van der Waals surface area contributed by atoms with Crippen LogP contribution < -0.4 is 15.0 Å². The van der Waals surface area contributed by atoms with Gasteiger partial charge < -0.3 is 19.5 Å². The van der Waals surface area contributed by atoms with Gasteiger partial charge in [-0.3, -0.25) is 9.35 Å². The second-order valence-corrected chi connectivity index (χ2v) is 10.2. The molecule has 0 unspecified atom stereocenters. The van der Waals surface area contributed by atoms with Crippen LogP contribution in [-0.2, 0) is 28.4 Å². The molecule has 0 saturated carbocycles. The molecule has 13 heteroatoms. The van der Waals surface area contributed by atoms with Crippen molar-refractivity contribution in [3.8, 4) is 11.5 Å². The Hall–Kier alpha value is -3.38. The summed E-state index contributed by atoms with van der Waals surface area (Å²) in [5.41, 5.74) is 3.98.